The minimum atomic E-state index is -4.14. The summed E-state index contributed by atoms with van der Waals surface area (Å²) in [5, 5.41) is 10.2. The van der Waals surface area contributed by atoms with Crippen molar-refractivity contribution in [2.45, 2.75) is 110 Å². The molecular weight excluding hydrogens is 463 g/mol. The molecule has 36 heavy (non-hydrogen) atoms. The standard InChI is InChI=1S/C30H46F3NO2/c1-19(4-9-27(36)34-16-12-20(13-17-34)30(31,32)33)24-7-8-25-23-6-5-21-18-22(35)10-14-28(21,2)26(23)11-15-29(24,25)3/h5,19-20,22-26,35H,4,6-18H2,1-3H3/t19-,22+,23+,24-,25+,26+,28+,29-/m1/s1. The van der Waals surface area contributed by atoms with Crippen molar-refractivity contribution < 1.29 is 23.1 Å². The zero-order chi connectivity index (χ0) is 25.9. The topological polar surface area (TPSA) is 40.5 Å². The third-order valence-corrected chi connectivity index (χ3v) is 12.0. The number of carbonyl (C=O) groups is 1. The van der Waals surface area contributed by atoms with Crippen molar-refractivity contribution in [1.29, 1.82) is 0 Å². The van der Waals surface area contributed by atoms with Gasteiger partial charge in [0.2, 0.25) is 5.91 Å². The van der Waals surface area contributed by atoms with E-state index in [0.29, 0.717) is 23.7 Å². The lowest BCUT2D eigenvalue weighted by Crippen LogP contribution is -2.50. The summed E-state index contributed by atoms with van der Waals surface area (Å²) < 4.78 is 38.9. The van der Waals surface area contributed by atoms with E-state index in [1.54, 1.807) is 4.90 Å². The minimum Gasteiger partial charge on any atom is -0.393 e. The number of hydrogen-bond acceptors (Lipinski definition) is 2. The number of halogens is 3. The van der Waals surface area contributed by atoms with E-state index in [2.05, 4.69) is 26.8 Å². The highest BCUT2D eigenvalue weighted by Crippen LogP contribution is 2.67. The molecule has 5 aliphatic rings. The van der Waals surface area contributed by atoms with E-state index in [1.807, 2.05) is 0 Å². The van der Waals surface area contributed by atoms with E-state index in [-0.39, 0.29) is 43.4 Å². The average molecular weight is 510 g/mol. The molecule has 4 aliphatic carbocycles. The number of amides is 1. The molecule has 1 N–H and O–H groups in total. The lowest BCUT2D eigenvalue weighted by molar-refractivity contribution is -0.186. The predicted molar refractivity (Wildman–Crippen MR) is 135 cm³/mol. The monoisotopic (exact) mass is 509 g/mol. The molecule has 8 atom stereocenters. The van der Waals surface area contributed by atoms with E-state index in [4.69, 9.17) is 0 Å². The van der Waals surface area contributed by atoms with Crippen LogP contribution in [-0.2, 0) is 4.79 Å². The molecule has 3 nitrogen and oxygen atoms in total. The number of alkyl halides is 3. The molecule has 0 bridgehead atoms. The molecule has 0 radical (unpaired) electrons. The molecule has 204 valence electrons. The van der Waals surface area contributed by atoms with Crippen molar-refractivity contribution in [2.75, 3.05) is 13.1 Å². The van der Waals surface area contributed by atoms with Crippen LogP contribution < -0.4 is 0 Å². The first-order valence-corrected chi connectivity index (χ1v) is 14.7. The molecule has 5 rings (SSSR count). The van der Waals surface area contributed by atoms with Gasteiger partial charge in [-0.3, -0.25) is 4.79 Å². The number of allylic oxidation sites excluding steroid dienone is 1. The maximum absolute atomic E-state index is 13.0. The highest BCUT2D eigenvalue weighted by molar-refractivity contribution is 5.76. The quantitative estimate of drug-likeness (QED) is 0.409. The molecule has 0 spiro atoms. The van der Waals surface area contributed by atoms with E-state index < -0.39 is 12.1 Å². The number of aliphatic hydroxyl groups is 1. The first-order chi connectivity index (χ1) is 16.9. The summed E-state index contributed by atoms with van der Waals surface area (Å²) in [7, 11) is 0. The van der Waals surface area contributed by atoms with E-state index in [1.165, 1.54) is 31.3 Å². The molecule has 6 heteroatoms. The molecule has 0 unspecified atom stereocenters. The number of likely N-dealkylation sites (tertiary alicyclic amines) is 1. The summed E-state index contributed by atoms with van der Waals surface area (Å²) in [6.45, 7) is 7.81. The van der Waals surface area contributed by atoms with Gasteiger partial charge in [0, 0.05) is 19.5 Å². The zero-order valence-corrected chi connectivity index (χ0v) is 22.5. The van der Waals surface area contributed by atoms with Crippen LogP contribution in [0.15, 0.2) is 11.6 Å². The fraction of sp³-hybridized carbons (Fsp3) is 0.900. The Morgan fingerprint density at radius 3 is 2.50 bits per heavy atom. The number of nitrogens with zero attached hydrogens (tertiary/aromatic N) is 1. The SMILES string of the molecule is C[C@H](CCC(=O)N1CCC(C(F)(F)F)CC1)[C@H]1CC[C@H]2[C@@H]3CC=C4C[C@@H](O)CC[C@]4(C)[C@H]3CC[C@]12C. The molecule has 3 saturated carbocycles. The lowest BCUT2D eigenvalue weighted by atomic mass is 9.47. The normalized spacial score (nSPS) is 42.2. The lowest BCUT2D eigenvalue weighted by Gasteiger charge is -2.58. The van der Waals surface area contributed by atoms with Gasteiger partial charge in [0.1, 0.15) is 0 Å². The van der Waals surface area contributed by atoms with Crippen molar-refractivity contribution in [3.63, 3.8) is 0 Å². The minimum absolute atomic E-state index is 0.0447. The van der Waals surface area contributed by atoms with E-state index in [9.17, 15) is 23.1 Å². The Morgan fingerprint density at radius 1 is 1.08 bits per heavy atom. The molecule has 1 amide bonds. The molecular formula is C30H46F3NO2. The fourth-order valence-electron chi connectivity index (χ4n) is 9.78. The van der Waals surface area contributed by atoms with Crippen LogP contribution >= 0.6 is 0 Å². The smallest absolute Gasteiger partial charge is 0.391 e. The fourth-order valence-corrected chi connectivity index (χ4v) is 9.78. The molecule has 0 aromatic carbocycles. The van der Waals surface area contributed by atoms with Crippen LogP contribution in [0.5, 0.6) is 0 Å². The van der Waals surface area contributed by atoms with Crippen LogP contribution in [0, 0.1) is 46.3 Å². The second-order valence-electron chi connectivity index (χ2n) is 13.6. The highest BCUT2D eigenvalue weighted by atomic mass is 19.4. The predicted octanol–water partition coefficient (Wildman–Crippen LogP) is 7.14. The van der Waals surface area contributed by atoms with Crippen molar-refractivity contribution in [1.82, 2.24) is 4.90 Å². The molecule has 1 heterocycles. The first-order valence-electron chi connectivity index (χ1n) is 14.7. The van der Waals surface area contributed by atoms with Gasteiger partial charge in [-0.1, -0.05) is 32.4 Å². The van der Waals surface area contributed by atoms with Crippen LogP contribution in [0.4, 0.5) is 13.2 Å². The van der Waals surface area contributed by atoms with Gasteiger partial charge in [0.25, 0.3) is 0 Å². The highest BCUT2D eigenvalue weighted by Gasteiger charge is 2.59. The Bertz CT molecular complexity index is 863. The van der Waals surface area contributed by atoms with Crippen LogP contribution in [0.3, 0.4) is 0 Å². The average Bonchev–Trinajstić information content (AvgIpc) is 3.19. The third-order valence-electron chi connectivity index (χ3n) is 12.0. The van der Waals surface area contributed by atoms with E-state index in [0.717, 1.165) is 49.9 Å². The third kappa shape index (κ3) is 4.56. The molecule has 1 aliphatic heterocycles. The van der Waals surface area contributed by atoms with Gasteiger partial charge in [0.15, 0.2) is 0 Å². The van der Waals surface area contributed by atoms with Gasteiger partial charge >= 0.3 is 6.18 Å². The molecule has 0 aromatic rings. The summed E-state index contributed by atoms with van der Waals surface area (Å²) in [5.74, 6) is 2.09. The van der Waals surface area contributed by atoms with Crippen molar-refractivity contribution in [3.8, 4) is 0 Å². The Balaban J connectivity index is 1.18. The Hall–Kier alpha value is -1.04. The van der Waals surface area contributed by atoms with Crippen LogP contribution in [0.2, 0.25) is 0 Å². The van der Waals surface area contributed by atoms with Gasteiger partial charge in [-0.05, 0) is 111 Å². The first kappa shape index (κ1) is 26.6. The summed E-state index contributed by atoms with van der Waals surface area (Å²) in [6, 6.07) is 0. The number of rotatable bonds is 4. The number of hydrogen-bond donors (Lipinski definition) is 1. The van der Waals surface area contributed by atoms with Crippen LogP contribution in [0.1, 0.15) is 97.8 Å². The second-order valence-corrected chi connectivity index (χ2v) is 13.6. The Morgan fingerprint density at radius 2 is 1.81 bits per heavy atom. The summed E-state index contributed by atoms with van der Waals surface area (Å²) in [6.07, 6.45) is 8.73. The number of piperidine rings is 1. The van der Waals surface area contributed by atoms with Crippen molar-refractivity contribution in [3.05, 3.63) is 11.6 Å². The summed E-state index contributed by atoms with van der Waals surface area (Å²) >= 11 is 0. The Kier molecular flexibility index (Phi) is 7.09. The van der Waals surface area contributed by atoms with Crippen LogP contribution in [-0.4, -0.2) is 41.3 Å². The van der Waals surface area contributed by atoms with Gasteiger partial charge in [-0.25, -0.2) is 0 Å². The van der Waals surface area contributed by atoms with Gasteiger partial charge in [0.05, 0.1) is 12.0 Å². The second kappa shape index (κ2) is 9.61. The number of carbonyl (C=O) groups excluding carboxylic acids is 1. The molecule has 1 saturated heterocycles. The van der Waals surface area contributed by atoms with Gasteiger partial charge in [-0.2, -0.15) is 13.2 Å². The van der Waals surface area contributed by atoms with Crippen molar-refractivity contribution >= 4 is 5.91 Å². The summed E-state index contributed by atoms with van der Waals surface area (Å²) in [4.78, 5) is 14.5. The zero-order valence-electron chi connectivity index (χ0n) is 22.5. The summed E-state index contributed by atoms with van der Waals surface area (Å²) in [5.41, 5.74) is 2.11. The maximum Gasteiger partial charge on any atom is 0.391 e. The number of aliphatic hydroxyl groups excluding tert-OH is 1. The van der Waals surface area contributed by atoms with Gasteiger partial charge < -0.3 is 10.0 Å². The molecule has 4 fully saturated rings. The van der Waals surface area contributed by atoms with E-state index >= 15 is 0 Å². The largest absolute Gasteiger partial charge is 0.393 e. The Labute approximate surface area is 215 Å². The maximum atomic E-state index is 13.0. The number of fused-ring (bicyclic) bond motifs is 5. The van der Waals surface area contributed by atoms with Crippen LogP contribution in [0.25, 0.3) is 0 Å². The van der Waals surface area contributed by atoms with Crippen molar-refractivity contribution in [2.24, 2.45) is 46.3 Å². The van der Waals surface area contributed by atoms with Gasteiger partial charge in [-0.15, -0.1) is 0 Å². The molecule has 0 aromatic heterocycles.